The second-order valence-electron chi connectivity index (χ2n) is 4.14. The summed E-state index contributed by atoms with van der Waals surface area (Å²) in [6, 6.07) is 3.68. The number of carbonyl (C=O) groups is 1. The fourth-order valence-electron chi connectivity index (χ4n) is 2.01. The van der Waals surface area contributed by atoms with Gasteiger partial charge in [-0.3, -0.25) is 4.79 Å². The predicted molar refractivity (Wildman–Crippen MR) is 61.0 cm³/mol. The Morgan fingerprint density at radius 2 is 2.29 bits per heavy atom. The van der Waals surface area contributed by atoms with Crippen LogP contribution in [0.3, 0.4) is 0 Å². The summed E-state index contributed by atoms with van der Waals surface area (Å²) in [4.78, 5) is 11.3. The maximum Gasteiger partial charge on any atom is 0.220 e. The molecule has 2 atom stereocenters. The van der Waals surface area contributed by atoms with Crippen molar-refractivity contribution in [2.75, 3.05) is 7.11 Å². The van der Waals surface area contributed by atoms with Crippen LogP contribution >= 0.6 is 0 Å². The Labute approximate surface area is 98.9 Å². The number of hydrogen-bond acceptors (Lipinski definition) is 3. The number of halogens is 1. The van der Waals surface area contributed by atoms with Gasteiger partial charge >= 0.3 is 0 Å². The average Bonchev–Trinajstić information content (AvgIpc) is 2.33. The minimum absolute atomic E-state index is 0.0982. The summed E-state index contributed by atoms with van der Waals surface area (Å²) in [5.41, 5.74) is 6.29. The lowest BCUT2D eigenvalue weighted by Crippen LogP contribution is -2.46. The first kappa shape index (κ1) is 11.9. The van der Waals surface area contributed by atoms with Crippen molar-refractivity contribution < 1.29 is 13.9 Å². The van der Waals surface area contributed by atoms with E-state index in [9.17, 15) is 9.18 Å². The van der Waals surface area contributed by atoms with Gasteiger partial charge in [-0.2, -0.15) is 0 Å². The van der Waals surface area contributed by atoms with Crippen molar-refractivity contribution in [2.45, 2.75) is 24.9 Å². The highest BCUT2D eigenvalue weighted by atomic mass is 19.1. The molecule has 1 aromatic rings. The van der Waals surface area contributed by atoms with E-state index in [4.69, 9.17) is 10.5 Å². The van der Waals surface area contributed by atoms with E-state index in [1.165, 1.54) is 19.2 Å². The molecule has 0 spiro atoms. The van der Waals surface area contributed by atoms with Crippen molar-refractivity contribution in [1.29, 1.82) is 0 Å². The molecule has 1 heterocycles. The van der Waals surface area contributed by atoms with Gasteiger partial charge in [0, 0.05) is 18.0 Å². The molecule has 5 heteroatoms. The molecule has 0 radical (unpaired) electrons. The first-order valence-corrected chi connectivity index (χ1v) is 5.50. The first-order valence-electron chi connectivity index (χ1n) is 5.50. The number of piperidine rings is 1. The minimum Gasteiger partial charge on any atom is -0.497 e. The molecule has 17 heavy (non-hydrogen) atoms. The van der Waals surface area contributed by atoms with Crippen LogP contribution in [0.15, 0.2) is 18.2 Å². The van der Waals surface area contributed by atoms with Crippen LogP contribution in [0.5, 0.6) is 5.75 Å². The van der Waals surface area contributed by atoms with Crippen LogP contribution in [0.4, 0.5) is 4.39 Å². The zero-order chi connectivity index (χ0) is 12.4. The summed E-state index contributed by atoms with van der Waals surface area (Å²) in [7, 11) is 1.51. The van der Waals surface area contributed by atoms with Crippen molar-refractivity contribution in [2.24, 2.45) is 5.73 Å². The molecule has 3 N–H and O–H groups in total. The van der Waals surface area contributed by atoms with E-state index in [1.807, 2.05) is 0 Å². The lowest BCUT2D eigenvalue weighted by molar-refractivity contribution is -0.123. The Hall–Kier alpha value is -1.62. The smallest absolute Gasteiger partial charge is 0.220 e. The summed E-state index contributed by atoms with van der Waals surface area (Å²) >= 11 is 0. The van der Waals surface area contributed by atoms with E-state index in [0.29, 0.717) is 24.2 Å². The number of nitrogens with two attached hydrogens (primary N) is 1. The average molecular weight is 238 g/mol. The Balaban J connectivity index is 2.34. The number of carbonyl (C=O) groups excluding carboxylic acids is 1. The molecule has 0 saturated carbocycles. The van der Waals surface area contributed by atoms with Crippen LogP contribution in [0, 0.1) is 5.82 Å². The second-order valence-corrected chi connectivity index (χ2v) is 4.14. The molecule has 0 bridgehead atoms. The molecule has 2 rings (SSSR count). The minimum atomic E-state index is -0.480. The van der Waals surface area contributed by atoms with Crippen molar-refractivity contribution >= 4 is 5.91 Å². The van der Waals surface area contributed by atoms with Crippen molar-refractivity contribution in [3.8, 4) is 5.75 Å². The number of nitrogens with one attached hydrogen (secondary N) is 1. The van der Waals surface area contributed by atoms with Gasteiger partial charge in [0.05, 0.1) is 13.2 Å². The Kier molecular flexibility index (Phi) is 3.28. The standard InChI is InChI=1S/C12H15FN2O2/c1-17-7-2-3-9(13)8(6-7)12-10(14)4-5-11(16)15-12/h2-3,6,10,12H,4-5,14H2,1H3,(H,15,16)/t10-,12-/m0/s1. The van der Waals surface area contributed by atoms with Crippen LogP contribution in [-0.4, -0.2) is 19.1 Å². The molecule has 1 fully saturated rings. The van der Waals surface area contributed by atoms with Crippen LogP contribution in [0.25, 0.3) is 0 Å². The highest BCUT2D eigenvalue weighted by Crippen LogP contribution is 2.27. The summed E-state index contributed by atoms with van der Waals surface area (Å²) in [6.07, 6.45) is 0.955. The van der Waals surface area contributed by atoms with E-state index in [-0.39, 0.29) is 17.8 Å². The lowest BCUT2D eigenvalue weighted by atomic mass is 9.92. The Morgan fingerprint density at radius 1 is 1.53 bits per heavy atom. The third-order valence-electron chi connectivity index (χ3n) is 2.99. The van der Waals surface area contributed by atoms with Crippen LogP contribution in [-0.2, 0) is 4.79 Å². The molecule has 1 amide bonds. The van der Waals surface area contributed by atoms with E-state index in [2.05, 4.69) is 5.32 Å². The number of methoxy groups -OCH3 is 1. The van der Waals surface area contributed by atoms with Gasteiger partial charge in [-0.05, 0) is 24.6 Å². The van der Waals surface area contributed by atoms with E-state index in [0.717, 1.165) is 0 Å². The molecular formula is C12H15FN2O2. The highest BCUT2D eigenvalue weighted by molar-refractivity contribution is 5.77. The Bertz CT molecular complexity index is 437. The van der Waals surface area contributed by atoms with Gasteiger partial charge in [0.25, 0.3) is 0 Å². The number of hydrogen-bond donors (Lipinski definition) is 2. The summed E-state index contributed by atoms with van der Waals surface area (Å²) in [6.45, 7) is 0. The molecule has 1 aliphatic rings. The van der Waals surface area contributed by atoms with Gasteiger partial charge < -0.3 is 15.8 Å². The third kappa shape index (κ3) is 2.39. The quantitative estimate of drug-likeness (QED) is 0.811. The SMILES string of the molecule is COc1ccc(F)c([C@@H]2NC(=O)CC[C@@H]2N)c1. The summed E-state index contributed by atoms with van der Waals surface area (Å²) in [5.74, 6) is 0.0702. The van der Waals surface area contributed by atoms with Gasteiger partial charge in [-0.25, -0.2) is 4.39 Å². The number of benzene rings is 1. The zero-order valence-corrected chi connectivity index (χ0v) is 9.57. The fraction of sp³-hybridized carbons (Fsp3) is 0.417. The molecule has 4 nitrogen and oxygen atoms in total. The highest BCUT2D eigenvalue weighted by Gasteiger charge is 2.29. The molecule has 1 saturated heterocycles. The van der Waals surface area contributed by atoms with E-state index < -0.39 is 6.04 Å². The maximum atomic E-state index is 13.7. The number of amides is 1. The van der Waals surface area contributed by atoms with Gasteiger partial charge in [0.15, 0.2) is 0 Å². The number of ether oxygens (including phenoxy) is 1. The first-order chi connectivity index (χ1) is 8.11. The van der Waals surface area contributed by atoms with Crippen molar-refractivity contribution in [1.82, 2.24) is 5.32 Å². The maximum absolute atomic E-state index is 13.7. The monoisotopic (exact) mass is 238 g/mol. The largest absolute Gasteiger partial charge is 0.497 e. The van der Waals surface area contributed by atoms with Crippen LogP contribution < -0.4 is 15.8 Å². The molecule has 0 aromatic heterocycles. The van der Waals surface area contributed by atoms with Crippen molar-refractivity contribution in [3.05, 3.63) is 29.6 Å². The molecule has 92 valence electrons. The van der Waals surface area contributed by atoms with Crippen LogP contribution in [0.2, 0.25) is 0 Å². The van der Waals surface area contributed by atoms with Gasteiger partial charge in [0.2, 0.25) is 5.91 Å². The second kappa shape index (κ2) is 4.71. The van der Waals surface area contributed by atoms with Crippen LogP contribution in [0.1, 0.15) is 24.4 Å². The molecule has 1 aliphatic heterocycles. The van der Waals surface area contributed by atoms with E-state index >= 15 is 0 Å². The lowest BCUT2D eigenvalue weighted by Gasteiger charge is -2.30. The summed E-state index contributed by atoms with van der Waals surface area (Å²) < 4.78 is 18.8. The van der Waals surface area contributed by atoms with Gasteiger partial charge in [-0.15, -0.1) is 0 Å². The molecule has 1 aromatic carbocycles. The number of rotatable bonds is 2. The van der Waals surface area contributed by atoms with Gasteiger partial charge in [0.1, 0.15) is 11.6 Å². The fourth-order valence-corrected chi connectivity index (χ4v) is 2.01. The summed E-state index contributed by atoms with van der Waals surface area (Å²) in [5, 5.41) is 2.72. The topological polar surface area (TPSA) is 64.3 Å². The zero-order valence-electron chi connectivity index (χ0n) is 9.57. The molecule has 0 aliphatic carbocycles. The third-order valence-corrected chi connectivity index (χ3v) is 2.99. The Morgan fingerprint density at radius 3 is 3.00 bits per heavy atom. The molecule has 0 unspecified atom stereocenters. The van der Waals surface area contributed by atoms with Crippen molar-refractivity contribution in [3.63, 3.8) is 0 Å². The normalized spacial score (nSPS) is 24.3. The van der Waals surface area contributed by atoms with Gasteiger partial charge in [-0.1, -0.05) is 0 Å². The predicted octanol–water partition coefficient (Wildman–Crippen LogP) is 1.11. The van der Waals surface area contributed by atoms with E-state index in [1.54, 1.807) is 6.07 Å². The molecular weight excluding hydrogens is 223 g/mol.